The summed E-state index contributed by atoms with van der Waals surface area (Å²) in [7, 11) is -3.35. The van der Waals surface area contributed by atoms with Gasteiger partial charge in [0.05, 0.1) is 12.7 Å². The van der Waals surface area contributed by atoms with E-state index in [9.17, 15) is 13.2 Å². The van der Waals surface area contributed by atoms with Gasteiger partial charge in [-0.15, -0.1) is 12.4 Å². The van der Waals surface area contributed by atoms with E-state index in [0.29, 0.717) is 25.3 Å². The molecule has 2 aromatic carbocycles. The molecular weight excluding hydrogens is 398 g/mol. The summed E-state index contributed by atoms with van der Waals surface area (Å²) in [5.74, 6) is 0.524. The quantitative estimate of drug-likeness (QED) is 0.745. The average Bonchev–Trinajstić information content (AvgIpc) is 3.06. The van der Waals surface area contributed by atoms with Crippen molar-refractivity contribution >= 4 is 34.0 Å². The maximum absolute atomic E-state index is 12.8. The number of rotatable bonds is 6. The first-order valence-electron chi connectivity index (χ1n) is 8.95. The second-order valence-electron chi connectivity index (χ2n) is 7.06. The van der Waals surface area contributed by atoms with Crippen LogP contribution < -0.4 is 10.5 Å². The molecule has 0 spiro atoms. The Morgan fingerprint density at radius 2 is 1.86 bits per heavy atom. The summed E-state index contributed by atoms with van der Waals surface area (Å²) in [6.07, 6.45) is 1.34. The van der Waals surface area contributed by atoms with Crippen LogP contribution in [-0.4, -0.2) is 45.1 Å². The SMILES string of the molecule is CS(=O)(=O)Nc1cccc(CC(=O)N2C[C@@H](CN)[C@H](c3ccccc3)C2)c1.Cl. The van der Waals surface area contributed by atoms with E-state index in [4.69, 9.17) is 5.73 Å². The number of nitrogens with one attached hydrogen (secondary N) is 1. The zero-order chi connectivity index (χ0) is 19.4. The van der Waals surface area contributed by atoms with Crippen LogP contribution in [-0.2, 0) is 21.2 Å². The lowest BCUT2D eigenvalue weighted by Crippen LogP contribution is -2.31. The van der Waals surface area contributed by atoms with E-state index < -0.39 is 10.0 Å². The topological polar surface area (TPSA) is 92.5 Å². The summed E-state index contributed by atoms with van der Waals surface area (Å²) < 4.78 is 25.2. The number of likely N-dealkylation sites (tertiary alicyclic amines) is 1. The molecule has 0 unspecified atom stereocenters. The highest BCUT2D eigenvalue weighted by molar-refractivity contribution is 7.92. The molecule has 2 atom stereocenters. The van der Waals surface area contributed by atoms with E-state index in [1.54, 1.807) is 18.2 Å². The summed E-state index contributed by atoms with van der Waals surface area (Å²) in [5.41, 5.74) is 8.41. The third kappa shape index (κ3) is 5.70. The van der Waals surface area contributed by atoms with Gasteiger partial charge in [-0.25, -0.2) is 8.42 Å². The Kier molecular flexibility index (Phi) is 7.46. The number of benzene rings is 2. The summed E-state index contributed by atoms with van der Waals surface area (Å²) >= 11 is 0. The van der Waals surface area contributed by atoms with E-state index in [2.05, 4.69) is 16.9 Å². The highest BCUT2D eigenvalue weighted by atomic mass is 35.5. The van der Waals surface area contributed by atoms with Crippen molar-refractivity contribution in [2.75, 3.05) is 30.6 Å². The predicted molar refractivity (Wildman–Crippen MR) is 114 cm³/mol. The van der Waals surface area contributed by atoms with Crippen LogP contribution in [0.5, 0.6) is 0 Å². The Morgan fingerprint density at radius 1 is 1.14 bits per heavy atom. The minimum absolute atomic E-state index is 0. The summed E-state index contributed by atoms with van der Waals surface area (Å²) in [6, 6.07) is 17.1. The maximum atomic E-state index is 12.8. The third-order valence-electron chi connectivity index (χ3n) is 4.91. The van der Waals surface area contributed by atoms with Crippen LogP contribution in [0.4, 0.5) is 5.69 Å². The number of anilines is 1. The van der Waals surface area contributed by atoms with Crippen molar-refractivity contribution in [3.8, 4) is 0 Å². The van der Waals surface area contributed by atoms with E-state index in [1.165, 1.54) is 5.56 Å². The molecule has 0 aromatic heterocycles. The van der Waals surface area contributed by atoms with Crippen LogP contribution in [0.3, 0.4) is 0 Å². The van der Waals surface area contributed by atoms with Crippen molar-refractivity contribution in [1.29, 1.82) is 0 Å². The number of hydrogen-bond acceptors (Lipinski definition) is 4. The molecule has 3 rings (SSSR count). The first kappa shape index (κ1) is 22.2. The van der Waals surface area contributed by atoms with Gasteiger partial charge in [-0.3, -0.25) is 9.52 Å². The zero-order valence-electron chi connectivity index (χ0n) is 15.7. The molecule has 0 bridgehead atoms. The molecule has 0 aliphatic carbocycles. The van der Waals surface area contributed by atoms with Gasteiger partial charge in [-0.2, -0.15) is 0 Å². The first-order chi connectivity index (χ1) is 12.9. The fraction of sp³-hybridized carbons (Fsp3) is 0.350. The van der Waals surface area contributed by atoms with Crippen molar-refractivity contribution in [3.63, 3.8) is 0 Å². The fourth-order valence-electron chi connectivity index (χ4n) is 3.64. The number of carbonyl (C=O) groups excluding carboxylic acids is 1. The number of carbonyl (C=O) groups is 1. The Bertz CT molecular complexity index is 906. The van der Waals surface area contributed by atoms with Gasteiger partial charge in [0.15, 0.2) is 0 Å². The van der Waals surface area contributed by atoms with Gasteiger partial charge in [-0.05, 0) is 35.7 Å². The van der Waals surface area contributed by atoms with Crippen LogP contribution in [0, 0.1) is 5.92 Å². The largest absolute Gasteiger partial charge is 0.341 e. The lowest BCUT2D eigenvalue weighted by Gasteiger charge is -2.17. The molecule has 3 N–H and O–H groups in total. The Labute approximate surface area is 172 Å². The molecule has 1 fully saturated rings. The molecule has 1 aliphatic heterocycles. The molecule has 1 saturated heterocycles. The Balaban J connectivity index is 0.00000280. The third-order valence-corrected chi connectivity index (χ3v) is 5.52. The van der Waals surface area contributed by atoms with Gasteiger partial charge >= 0.3 is 0 Å². The van der Waals surface area contributed by atoms with Crippen molar-refractivity contribution in [1.82, 2.24) is 4.90 Å². The van der Waals surface area contributed by atoms with E-state index in [1.807, 2.05) is 29.2 Å². The molecule has 8 heteroatoms. The van der Waals surface area contributed by atoms with Crippen molar-refractivity contribution in [3.05, 3.63) is 65.7 Å². The molecule has 2 aromatic rings. The number of hydrogen-bond donors (Lipinski definition) is 2. The lowest BCUT2D eigenvalue weighted by molar-refractivity contribution is -0.129. The second-order valence-corrected chi connectivity index (χ2v) is 8.81. The van der Waals surface area contributed by atoms with E-state index in [-0.39, 0.29) is 36.6 Å². The standard InChI is InChI=1S/C20H25N3O3S.ClH/c1-27(25,26)22-18-9-5-6-15(10-18)11-20(24)23-13-17(12-21)19(14-23)16-7-3-2-4-8-16;/h2-10,17,19,22H,11-14,21H2,1H3;1H/t17-,19+;/m1./s1. The fourth-order valence-corrected chi connectivity index (χ4v) is 4.19. The Morgan fingerprint density at radius 3 is 2.50 bits per heavy atom. The molecule has 1 aliphatic rings. The predicted octanol–water partition coefficient (Wildman–Crippen LogP) is 2.22. The first-order valence-corrected chi connectivity index (χ1v) is 10.8. The molecule has 1 amide bonds. The number of halogens is 1. The molecule has 1 heterocycles. The minimum atomic E-state index is -3.35. The highest BCUT2D eigenvalue weighted by Gasteiger charge is 2.35. The average molecular weight is 424 g/mol. The number of nitrogens with two attached hydrogens (primary N) is 1. The zero-order valence-corrected chi connectivity index (χ0v) is 17.4. The smallest absolute Gasteiger partial charge is 0.229 e. The minimum Gasteiger partial charge on any atom is -0.341 e. The highest BCUT2D eigenvalue weighted by Crippen LogP contribution is 2.32. The Hall–Kier alpha value is -2.09. The van der Waals surface area contributed by atoms with Crippen molar-refractivity contribution in [2.24, 2.45) is 11.7 Å². The summed E-state index contributed by atoms with van der Waals surface area (Å²) in [4.78, 5) is 14.7. The number of sulfonamides is 1. The monoisotopic (exact) mass is 423 g/mol. The molecule has 0 radical (unpaired) electrons. The van der Waals surface area contributed by atoms with E-state index in [0.717, 1.165) is 11.8 Å². The van der Waals surface area contributed by atoms with Crippen molar-refractivity contribution < 1.29 is 13.2 Å². The summed E-state index contributed by atoms with van der Waals surface area (Å²) in [5, 5.41) is 0. The normalized spacial score (nSPS) is 19.1. The molecule has 6 nitrogen and oxygen atoms in total. The van der Waals surface area contributed by atoms with Gasteiger partial charge in [0.25, 0.3) is 0 Å². The van der Waals surface area contributed by atoms with Gasteiger partial charge in [-0.1, -0.05) is 42.5 Å². The van der Waals surface area contributed by atoms with Crippen LogP contribution in [0.25, 0.3) is 0 Å². The van der Waals surface area contributed by atoms with E-state index >= 15 is 0 Å². The van der Waals surface area contributed by atoms with Crippen LogP contribution in [0.15, 0.2) is 54.6 Å². The van der Waals surface area contributed by atoms with Gasteiger partial charge < -0.3 is 10.6 Å². The lowest BCUT2D eigenvalue weighted by atomic mass is 9.89. The number of nitrogens with zero attached hydrogens (tertiary/aromatic N) is 1. The van der Waals surface area contributed by atoms with Crippen molar-refractivity contribution in [2.45, 2.75) is 12.3 Å². The van der Waals surface area contributed by atoms with Gasteiger partial charge in [0.1, 0.15) is 0 Å². The molecule has 152 valence electrons. The molecule has 28 heavy (non-hydrogen) atoms. The maximum Gasteiger partial charge on any atom is 0.229 e. The van der Waals surface area contributed by atoms with Crippen LogP contribution >= 0.6 is 12.4 Å². The summed E-state index contributed by atoms with van der Waals surface area (Å²) in [6.45, 7) is 1.85. The van der Waals surface area contributed by atoms with Crippen LogP contribution in [0.1, 0.15) is 17.0 Å². The van der Waals surface area contributed by atoms with Gasteiger partial charge in [0, 0.05) is 24.7 Å². The van der Waals surface area contributed by atoms with Gasteiger partial charge in [0.2, 0.25) is 15.9 Å². The molecule has 0 saturated carbocycles. The second kappa shape index (κ2) is 9.41. The van der Waals surface area contributed by atoms with Crippen LogP contribution in [0.2, 0.25) is 0 Å². The number of amides is 1. The molecular formula is C20H26ClN3O3S.